The van der Waals surface area contributed by atoms with Gasteiger partial charge in [0.05, 0.1) is 11.9 Å². The molecule has 2 aromatic heterocycles. The molecular formula is C25H31ClN6O2. The monoisotopic (exact) mass is 482 g/mol. The van der Waals surface area contributed by atoms with E-state index in [0.717, 1.165) is 12.1 Å². The summed E-state index contributed by atoms with van der Waals surface area (Å²) >= 11 is 6.10. The molecule has 9 heteroatoms. The number of nitrogens with one attached hydrogen (secondary N) is 3. The molecule has 1 amide bonds. The molecule has 0 bridgehead atoms. The summed E-state index contributed by atoms with van der Waals surface area (Å²) in [6.07, 6.45) is 8.85. The van der Waals surface area contributed by atoms with Gasteiger partial charge in [-0.15, -0.1) is 0 Å². The van der Waals surface area contributed by atoms with Crippen molar-refractivity contribution < 1.29 is 9.59 Å². The number of hydrogen-bond donors (Lipinski definition) is 3. The number of rotatable bonds is 6. The Morgan fingerprint density at radius 2 is 1.94 bits per heavy atom. The lowest BCUT2D eigenvalue weighted by atomic mass is 9.91. The topological polar surface area (TPSA) is 103 Å². The van der Waals surface area contributed by atoms with Gasteiger partial charge in [0, 0.05) is 33.7 Å². The highest BCUT2D eigenvalue weighted by Crippen LogP contribution is 2.28. The fourth-order valence-corrected chi connectivity index (χ4v) is 4.30. The van der Waals surface area contributed by atoms with Gasteiger partial charge in [0.25, 0.3) is 0 Å². The Kier molecular flexibility index (Phi) is 8.92. The van der Waals surface area contributed by atoms with Crippen LogP contribution in [-0.4, -0.2) is 65.5 Å². The summed E-state index contributed by atoms with van der Waals surface area (Å²) in [5.41, 5.74) is 2.82. The molecule has 0 spiro atoms. The Morgan fingerprint density at radius 3 is 2.56 bits per heavy atom. The van der Waals surface area contributed by atoms with E-state index in [4.69, 9.17) is 11.6 Å². The highest BCUT2D eigenvalue weighted by Gasteiger charge is 2.20. The van der Waals surface area contributed by atoms with Crippen molar-refractivity contribution in [3.8, 4) is 11.3 Å². The van der Waals surface area contributed by atoms with Crippen LogP contribution in [0, 0.1) is 0 Å². The van der Waals surface area contributed by atoms with E-state index >= 15 is 0 Å². The summed E-state index contributed by atoms with van der Waals surface area (Å²) in [4.78, 5) is 29.1. The molecule has 1 aliphatic carbocycles. The van der Waals surface area contributed by atoms with Gasteiger partial charge in [-0.3, -0.25) is 19.7 Å². The van der Waals surface area contributed by atoms with Crippen LogP contribution in [0.5, 0.6) is 0 Å². The highest BCUT2D eigenvalue weighted by atomic mass is 35.5. The third kappa shape index (κ3) is 6.50. The van der Waals surface area contributed by atoms with Crippen LogP contribution in [0.25, 0.3) is 22.2 Å². The third-order valence-corrected chi connectivity index (χ3v) is 6.29. The fourth-order valence-electron chi connectivity index (χ4n) is 4.07. The number of fused-ring (bicyclic) bond motifs is 1. The number of aromatic amines is 1. The van der Waals surface area contributed by atoms with Crippen LogP contribution in [-0.2, 0) is 4.79 Å². The number of halogens is 1. The van der Waals surface area contributed by atoms with Gasteiger partial charge in [0.1, 0.15) is 11.2 Å². The average Bonchev–Trinajstić information content (AvgIpc) is 3.26. The number of nitrogens with zero attached hydrogens (tertiary/aromatic N) is 3. The highest BCUT2D eigenvalue weighted by molar-refractivity contribution is 6.31. The van der Waals surface area contributed by atoms with Gasteiger partial charge < -0.3 is 15.5 Å². The third-order valence-electron chi connectivity index (χ3n) is 6.07. The maximum absolute atomic E-state index is 11.4. The molecule has 2 heterocycles. The molecule has 3 N–H and O–H groups in total. The normalized spacial score (nSPS) is 17.7. The van der Waals surface area contributed by atoms with Crippen LogP contribution in [0.2, 0.25) is 5.02 Å². The zero-order valence-electron chi connectivity index (χ0n) is 19.8. The van der Waals surface area contributed by atoms with Crippen LogP contribution in [0.15, 0.2) is 43.1 Å². The minimum absolute atomic E-state index is 0.334. The van der Waals surface area contributed by atoms with Crippen LogP contribution in [0.1, 0.15) is 36.2 Å². The van der Waals surface area contributed by atoms with Gasteiger partial charge in [-0.2, -0.15) is 5.10 Å². The van der Waals surface area contributed by atoms with Gasteiger partial charge in [-0.05, 0) is 77.2 Å². The molecular weight excluding hydrogens is 452 g/mol. The number of anilines is 1. The number of H-pyrrole nitrogens is 1. The predicted molar refractivity (Wildman–Crippen MR) is 137 cm³/mol. The number of hydrogen-bond acceptors (Lipinski definition) is 6. The molecule has 1 saturated carbocycles. The Labute approximate surface area is 204 Å². The molecule has 180 valence electrons. The van der Waals surface area contributed by atoms with Crippen molar-refractivity contribution in [2.75, 3.05) is 26.5 Å². The van der Waals surface area contributed by atoms with E-state index < -0.39 is 0 Å². The van der Waals surface area contributed by atoms with E-state index in [0.29, 0.717) is 44.9 Å². The van der Waals surface area contributed by atoms with E-state index in [1.807, 2.05) is 0 Å². The number of pyridine rings is 1. The van der Waals surface area contributed by atoms with Gasteiger partial charge in [0.15, 0.2) is 6.29 Å². The summed E-state index contributed by atoms with van der Waals surface area (Å²) in [7, 11) is 6.44. The molecule has 4 rings (SSSR count). The first kappa shape index (κ1) is 25.6. The molecule has 1 fully saturated rings. The minimum Gasteiger partial charge on any atom is -0.322 e. The summed E-state index contributed by atoms with van der Waals surface area (Å²) in [6.45, 7) is 3.41. The first-order valence-corrected chi connectivity index (χ1v) is 11.6. The number of aldehydes is 1. The van der Waals surface area contributed by atoms with E-state index in [2.05, 4.69) is 58.4 Å². The Hall–Kier alpha value is -3.07. The van der Waals surface area contributed by atoms with Crippen molar-refractivity contribution in [1.82, 2.24) is 25.4 Å². The van der Waals surface area contributed by atoms with Crippen LogP contribution < -0.4 is 10.6 Å². The first-order valence-electron chi connectivity index (χ1n) is 11.2. The van der Waals surface area contributed by atoms with Crippen molar-refractivity contribution in [1.29, 1.82) is 0 Å². The Balaban J connectivity index is 0.000000248. The first-order chi connectivity index (χ1) is 16.3. The van der Waals surface area contributed by atoms with Crippen LogP contribution in [0.3, 0.4) is 0 Å². The van der Waals surface area contributed by atoms with E-state index in [1.165, 1.54) is 31.8 Å². The molecule has 3 aromatic rings. The summed E-state index contributed by atoms with van der Waals surface area (Å²) in [5, 5.41) is 13.8. The molecule has 0 atom stereocenters. The van der Waals surface area contributed by atoms with Crippen molar-refractivity contribution >= 4 is 40.4 Å². The molecule has 0 aliphatic heterocycles. The van der Waals surface area contributed by atoms with E-state index in [1.54, 1.807) is 30.5 Å². The molecule has 8 nitrogen and oxygen atoms in total. The smallest absolute Gasteiger partial charge is 0.247 e. The lowest BCUT2D eigenvalue weighted by Gasteiger charge is -2.32. The quantitative estimate of drug-likeness (QED) is 0.357. The minimum atomic E-state index is -0.334. The summed E-state index contributed by atoms with van der Waals surface area (Å²) in [6, 6.07) is 8.44. The van der Waals surface area contributed by atoms with Gasteiger partial charge in [-0.25, -0.2) is 0 Å². The largest absolute Gasteiger partial charge is 0.322 e. The van der Waals surface area contributed by atoms with Crippen molar-refractivity contribution in [2.45, 2.75) is 37.8 Å². The molecule has 34 heavy (non-hydrogen) atoms. The van der Waals surface area contributed by atoms with Crippen molar-refractivity contribution in [3.63, 3.8) is 0 Å². The average molecular weight is 483 g/mol. The van der Waals surface area contributed by atoms with Gasteiger partial charge in [-0.1, -0.05) is 18.2 Å². The Morgan fingerprint density at radius 1 is 1.21 bits per heavy atom. The van der Waals surface area contributed by atoms with Gasteiger partial charge in [0.2, 0.25) is 5.91 Å². The van der Waals surface area contributed by atoms with Crippen molar-refractivity contribution in [3.05, 3.63) is 53.8 Å². The predicted octanol–water partition coefficient (Wildman–Crippen LogP) is 4.29. The number of carbonyl (C=O) groups is 2. The summed E-state index contributed by atoms with van der Waals surface area (Å²) < 4.78 is 0. The number of aromatic nitrogens is 3. The fraction of sp³-hybridized carbons (Fsp3) is 0.360. The Bertz CT molecular complexity index is 1150. The van der Waals surface area contributed by atoms with Crippen molar-refractivity contribution in [2.24, 2.45) is 0 Å². The second-order valence-corrected chi connectivity index (χ2v) is 8.96. The van der Waals surface area contributed by atoms with Crippen LogP contribution >= 0.6 is 11.6 Å². The second kappa shape index (κ2) is 11.9. The zero-order valence-corrected chi connectivity index (χ0v) is 20.5. The molecule has 0 radical (unpaired) electrons. The number of benzene rings is 1. The summed E-state index contributed by atoms with van der Waals surface area (Å²) in [5.74, 6) is -0.334. The lowest BCUT2D eigenvalue weighted by Crippen LogP contribution is -2.37. The second-order valence-electron chi connectivity index (χ2n) is 8.52. The molecule has 1 aliphatic rings. The molecule has 0 saturated heterocycles. The molecule has 0 unspecified atom stereocenters. The van der Waals surface area contributed by atoms with Gasteiger partial charge >= 0.3 is 0 Å². The van der Waals surface area contributed by atoms with Crippen LogP contribution in [0.4, 0.5) is 5.69 Å². The van der Waals surface area contributed by atoms with E-state index in [9.17, 15) is 9.59 Å². The zero-order chi connectivity index (χ0) is 24.7. The number of amides is 1. The maximum Gasteiger partial charge on any atom is 0.247 e. The SMILES string of the molecule is C=CC(=O)Nc1cc(Cl)cc(-c2cc3c(C=O)[nH]nc3cn2)c1.CNC1CCC(N(C)C)CC1. The van der Waals surface area contributed by atoms with E-state index in [-0.39, 0.29) is 5.91 Å². The maximum atomic E-state index is 11.4. The standard InChI is InChI=1S/C16H11ClN4O2.C9H20N2/c1-2-16(23)19-11-4-9(3-10(17)5-11)13-6-12-14(7-18-13)20-21-15(12)8-22;1-10-8-4-6-9(7-5-8)11(2)3/h2-8H,1H2,(H,19,23)(H,20,21);8-10H,4-7H2,1-3H3. The lowest BCUT2D eigenvalue weighted by molar-refractivity contribution is -0.111. The number of carbonyl (C=O) groups excluding carboxylic acids is 2. The molecule has 1 aromatic carbocycles.